The van der Waals surface area contributed by atoms with Gasteiger partial charge in [-0.1, -0.05) is 0 Å². The van der Waals surface area contributed by atoms with Crippen molar-refractivity contribution in [2.24, 2.45) is 5.92 Å². The van der Waals surface area contributed by atoms with Crippen molar-refractivity contribution in [1.82, 2.24) is 14.9 Å². The molecule has 2 heterocycles. The van der Waals surface area contributed by atoms with Crippen LogP contribution in [-0.2, 0) is 6.18 Å². The quantitative estimate of drug-likeness (QED) is 0.888. The Kier molecular flexibility index (Phi) is 4.32. The number of anilines is 2. The SMILES string of the molecule is CN1CCCC(CNc2cc(N)nc(C(F)(F)F)n2)C1. The van der Waals surface area contributed by atoms with Crippen LogP contribution in [0.5, 0.6) is 0 Å². The maximum Gasteiger partial charge on any atom is 0.451 e. The normalized spacial score (nSPS) is 20.9. The molecule has 0 saturated carbocycles. The summed E-state index contributed by atoms with van der Waals surface area (Å²) in [7, 11) is 2.04. The van der Waals surface area contributed by atoms with E-state index < -0.39 is 12.0 Å². The Hall–Kier alpha value is -1.57. The number of nitrogens with one attached hydrogen (secondary N) is 1. The van der Waals surface area contributed by atoms with Crippen LogP contribution < -0.4 is 11.1 Å². The minimum atomic E-state index is -4.59. The number of nitrogen functional groups attached to an aromatic ring is 1. The fourth-order valence-corrected chi connectivity index (χ4v) is 2.37. The van der Waals surface area contributed by atoms with Gasteiger partial charge in [-0.25, -0.2) is 9.97 Å². The zero-order valence-electron chi connectivity index (χ0n) is 11.2. The van der Waals surface area contributed by atoms with Crippen molar-refractivity contribution >= 4 is 11.6 Å². The number of hydrogen-bond donors (Lipinski definition) is 2. The first-order valence-corrected chi connectivity index (χ1v) is 6.49. The second-order valence-electron chi connectivity index (χ2n) is 5.15. The molecule has 0 radical (unpaired) electrons. The molecule has 1 atom stereocenters. The van der Waals surface area contributed by atoms with Crippen LogP contribution in [0, 0.1) is 5.92 Å². The van der Waals surface area contributed by atoms with Gasteiger partial charge in [0.2, 0.25) is 5.82 Å². The van der Waals surface area contributed by atoms with Gasteiger partial charge in [-0.2, -0.15) is 13.2 Å². The lowest BCUT2D eigenvalue weighted by Gasteiger charge is -2.29. The summed E-state index contributed by atoms with van der Waals surface area (Å²) in [6.07, 6.45) is -2.43. The van der Waals surface area contributed by atoms with Gasteiger partial charge in [0.15, 0.2) is 0 Å². The lowest BCUT2D eigenvalue weighted by molar-refractivity contribution is -0.144. The zero-order chi connectivity index (χ0) is 14.8. The van der Waals surface area contributed by atoms with Gasteiger partial charge in [-0.3, -0.25) is 0 Å². The van der Waals surface area contributed by atoms with Crippen molar-refractivity contribution in [1.29, 1.82) is 0 Å². The molecular weight excluding hydrogens is 271 g/mol. The molecule has 1 fully saturated rings. The van der Waals surface area contributed by atoms with E-state index in [1.54, 1.807) is 0 Å². The molecule has 20 heavy (non-hydrogen) atoms. The largest absolute Gasteiger partial charge is 0.451 e. The highest BCUT2D eigenvalue weighted by Crippen LogP contribution is 2.27. The van der Waals surface area contributed by atoms with Gasteiger partial charge in [-0.15, -0.1) is 0 Å². The van der Waals surface area contributed by atoms with E-state index in [2.05, 4.69) is 20.2 Å². The Bertz CT molecular complexity index is 463. The van der Waals surface area contributed by atoms with Gasteiger partial charge >= 0.3 is 6.18 Å². The molecule has 1 aliphatic heterocycles. The van der Waals surface area contributed by atoms with Crippen molar-refractivity contribution in [3.8, 4) is 0 Å². The van der Waals surface area contributed by atoms with E-state index in [0.29, 0.717) is 12.5 Å². The van der Waals surface area contributed by atoms with Gasteiger partial charge in [0, 0.05) is 19.2 Å². The van der Waals surface area contributed by atoms with Crippen LogP contribution in [-0.4, -0.2) is 41.5 Å². The number of halogens is 3. The standard InChI is InChI=1S/C12H18F3N5/c1-20-4-2-3-8(7-20)6-17-10-5-9(16)18-11(19-10)12(13,14)15/h5,8H,2-4,6-7H2,1H3,(H3,16,17,18,19). The Labute approximate surface area is 115 Å². The van der Waals surface area contributed by atoms with Crippen molar-refractivity contribution in [2.45, 2.75) is 19.0 Å². The third-order valence-electron chi connectivity index (χ3n) is 3.29. The third kappa shape index (κ3) is 3.96. The molecule has 0 amide bonds. The maximum absolute atomic E-state index is 12.6. The number of hydrogen-bond acceptors (Lipinski definition) is 5. The van der Waals surface area contributed by atoms with E-state index >= 15 is 0 Å². The molecule has 1 aromatic rings. The molecule has 2 rings (SSSR count). The molecule has 8 heteroatoms. The first-order chi connectivity index (χ1) is 9.34. The summed E-state index contributed by atoms with van der Waals surface area (Å²) in [5.74, 6) is -0.867. The predicted molar refractivity (Wildman–Crippen MR) is 70.2 cm³/mol. The van der Waals surface area contributed by atoms with Crippen LogP contribution in [0.1, 0.15) is 18.7 Å². The number of rotatable bonds is 3. The van der Waals surface area contributed by atoms with Gasteiger partial charge in [0.25, 0.3) is 0 Å². The molecule has 0 aliphatic carbocycles. The smallest absolute Gasteiger partial charge is 0.384 e. The van der Waals surface area contributed by atoms with Gasteiger partial charge in [-0.05, 0) is 32.4 Å². The Morgan fingerprint density at radius 3 is 2.85 bits per heavy atom. The molecule has 3 N–H and O–H groups in total. The number of likely N-dealkylation sites (tertiary alicyclic amines) is 1. The fraction of sp³-hybridized carbons (Fsp3) is 0.667. The molecule has 0 spiro atoms. The van der Waals surface area contributed by atoms with Crippen molar-refractivity contribution in [2.75, 3.05) is 37.7 Å². The van der Waals surface area contributed by atoms with Crippen molar-refractivity contribution in [3.63, 3.8) is 0 Å². The lowest BCUT2D eigenvalue weighted by atomic mass is 9.98. The Balaban J connectivity index is 2.00. The fourth-order valence-electron chi connectivity index (χ4n) is 2.37. The molecule has 1 aliphatic rings. The number of piperidine rings is 1. The minimum absolute atomic E-state index is 0.123. The van der Waals surface area contributed by atoms with Crippen LogP contribution in [0.2, 0.25) is 0 Å². The van der Waals surface area contributed by atoms with Crippen LogP contribution >= 0.6 is 0 Å². The predicted octanol–water partition coefficient (Wildman–Crippen LogP) is 1.83. The Morgan fingerprint density at radius 1 is 1.45 bits per heavy atom. The number of nitrogens with two attached hydrogens (primary N) is 1. The molecule has 0 aromatic carbocycles. The zero-order valence-corrected chi connectivity index (χ0v) is 11.2. The summed E-state index contributed by atoms with van der Waals surface area (Å²) >= 11 is 0. The molecule has 0 bridgehead atoms. The van der Waals surface area contributed by atoms with E-state index in [9.17, 15) is 13.2 Å². The summed E-state index contributed by atoms with van der Waals surface area (Å²) in [5, 5.41) is 2.93. The van der Waals surface area contributed by atoms with Gasteiger partial charge < -0.3 is 16.0 Å². The maximum atomic E-state index is 12.6. The summed E-state index contributed by atoms with van der Waals surface area (Å²) in [6.45, 7) is 2.58. The van der Waals surface area contributed by atoms with Crippen molar-refractivity contribution < 1.29 is 13.2 Å². The lowest BCUT2D eigenvalue weighted by Crippen LogP contribution is -2.35. The highest BCUT2D eigenvalue weighted by atomic mass is 19.4. The van der Waals surface area contributed by atoms with E-state index in [4.69, 9.17) is 5.73 Å². The van der Waals surface area contributed by atoms with E-state index in [-0.39, 0.29) is 11.6 Å². The van der Waals surface area contributed by atoms with Crippen LogP contribution in [0.3, 0.4) is 0 Å². The number of alkyl halides is 3. The second-order valence-corrected chi connectivity index (χ2v) is 5.15. The highest BCUT2D eigenvalue weighted by Gasteiger charge is 2.35. The molecule has 5 nitrogen and oxygen atoms in total. The summed E-state index contributed by atoms with van der Waals surface area (Å²) in [4.78, 5) is 8.89. The third-order valence-corrected chi connectivity index (χ3v) is 3.29. The van der Waals surface area contributed by atoms with E-state index in [0.717, 1.165) is 25.9 Å². The van der Waals surface area contributed by atoms with Gasteiger partial charge in [0.05, 0.1) is 0 Å². The Morgan fingerprint density at radius 2 is 2.20 bits per heavy atom. The van der Waals surface area contributed by atoms with Gasteiger partial charge in [0.1, 0.15) is 11.6 Å². The van der Waals surface area contributed by atoms with Crippen LogP contribution in [0.25, 0.3) is 0 Å². The first-order valence-electron chi connectivity index (χ1n) is 6.49. The molecular formula is C12H18F3N5. The average Bonchev–Trinajstić information content (AvgIpc) is 2.35. The van der Waals surface area contributed by atoms with Crippen molar-refractivity contribution in [3.05, 3.63) is 11.9 Å². The molecule has 112 valence electrons. The number of aromatic nitrogens is 2. The van der Waals surface area contributed by atoms with Crippen LogP contribution in [0.4, 0.5) is 24.8 Å². The first kappa shape index (κ1) is 14.8. The summed E-state index contributed by atoms with van der Waals surface area (Å²) in [5.41, 5.74) is 5.39. The van der Waals surface area contributed by atoms with E-state index in [1.807, 2.05) is 7.05 Å². The molecule has 1 unspecified atom stereocenters. The molecule has 1 saturated heterocycles. The van der Waals surface area contributed by atoms with Crippen LogP contribution in [0.15, 0.2) is 6.07 Å². The second kappa shape index (κ2) is 5.82. The monoisotopic (exact) mass is 289 g/mol. The van der Waals surface area contributed by atoms with E-state index in [1.165, 1.54) is 6.07 Å². The summed E-state index contributed by atoms with van der Waals surface area (Å²) in [6, 6.07) is 1.32. The average molecular weight is 289 g/mol. The highest BCUT2D eigenvalue weighted by molar-refractivity contribution is 5.44. The summed E-state index contributed by atoms with van der Waals surface area (Å²) < 4.78 is 37.7. The topological polar surface area (TPSA) is 67.1 Å². The molecule has 1 aromatic heterocycles. The number of nitrogens with zero attached hydrogens (tertiary/aromatic N) is 3. The minimum Gasteiger partial charge on any atom is -0.384 e.